The van der Waals surface area contributed by atoms with E-state index in [2.05, 4.69) is 14.8 Å². The Balaban J connectivity index is 1.79. The fraction of sp³-hybridized carbons (Fsp3) is 0.118. The largest absolute Gasteiger partial charge is 0.573 e. The van der Waals surface area contributed by atoms with Crippen LogP contribution in [0.4, 0.5) is 23.7 Å². The summed E-state index contributed by atoms with van der Waals surface area (Å²) in [5, 5.41) is 4.36. The van der Waals surface area contributed by atoms with Gasteiger partial charge in [0.25, 0.3) is 5.91 Å². The molecule has 2 rings (SSSR count). The highest BCUT2D eigenvalue weighted by molar-refractivity contribution is 6.02. The van der Waals surface area contributed by atoms with Gasteiger partial charge in [0.15, 0.2) is 6.61 Å². The molecule has 7 nitrogen and oxygen atoms in total. The molecule has 2 N–H and O–H groups in total. The number of halogens is 3. The van der Waals surface area contributed by atoms with Crippen molar-refractivity contribution in [1.82, 2.24) is 5.32 Å². The normalized spacial score (nSPS) is 10.6. The van der Waals surface area contributed by atoms with Crippen LogP contribution in [0.1, 0.15) is 10.4 Å². The Bertz CT molecular complexity index is 808. The average molecular weight is 382 g/mol. The fourth-order valence-electron chi connectivity index (χ4n) is 1.85. The summed E-state index contributed by atoms with van der Waals surface area (Å²) < 4.78 is 44.5. The zero-order valence-electron chi connectivity index (χ0n) is 13.6. The lowest BCUT2D eigenvalue weighted by atomic mass is 10.2. The third-order valence-corrected chi connectivity index (χ3v) is 2.94. The molecular weight excluding hydrogens is 369 g/mol. The smallest absolute Gasteiger partial charge is 0.452 e. The summed E-state index contributed by atoms with van der Waals surface area (Å²) in [6.45, 7) is -0.748. The van der Waals surface area contributed by atoms with Crippen LogP contribution < -0.4 is 15.4 Å². The van der Waals surface area contributed by atoms with Gasteiger partial charge in [-0.2, -0.15) is 0 Å². The number of imide groups is 1. The number of esters is 1. The van der Waals surface area contributed by atoms with Gasteiger partial charge in [0.05, 0.1) is 5.56 Å². The molecule has 0 aliphatic carbocycles. The first kappa shape index (κ1) is 19.8. The van der Waals surface area contributed by atoms with E-state index in [4.69, 9.17) is 0 Å². The number of amides is 3. The summed E-state index contributed by atoms with van der Waals surface area (Å²) in [6.07, 6.45) is -4.85. The topological polar surface area (TPSA) is 93.7 Å². The molecule has 2 aromatic rings. The molecular formula is C17H13F3N2O5. The molecule has 0 saturated heterocycles. The first-order valence-electron chi connectivity index (χ1n) is 7.42. The summed E-state index contributed by atoms with van der Waals surface area (Å²) in [7, 11) is 0. The molecule has 0 saturated carbocycles. The van der Waals surface area contributed by atoms with Crippen LogP contribution in [0.5, 0.6) is 5.75 Å². The number of hydrogen-bond acceptors (Lipinski definition) is 5. The number of anilines is 1. The molecule has 3 amide bonds. The van der Waals surface area contributed by atoms with Crippen molar-refractivity contribution in [2.24, 2.45) is 0 Å². The lowest BCUT2D eigenvalue weighted by molar-refractivity contribution is -0.274. The number of carbonyl (C=O) groups excluding carboxylic acids is 3. The molecule has 10 heteroatoms. The van der Waals surface area contributed by atoms with Crippen LogP contribution in [0.2, 0.25) is 0 Å². The van der Waals surface area contributed by atoms with E-state index in [0.29, 0.717) is 5.69 Å². The van der Waals surface area contributed by atoms with Crippen LogP contribution in [0.3, 0.4) is 0 Å². The molecule has 0 bridgehead atoms. The van der Waals surface area contributed by atoms with Gasteiger partial charge >= 0.3 is 18.4 Å². The number of hydrogen-bond donors (Lipinski definition) is 2. The first-order valence-corrected chi connectivity index (χ1v) is 7.42. The van der Waals surface area contributed by atoms with Crippen molar-refractivity contribution in [1.29, 1.82) is 0 Å². The first-order chi connectivity index (χ1) is 12.7. The number of carbonyl (C=O) groups is 3. The van der Waals surface area contributed by atoms with Crippen molar-refractivity contribution in [3.8, 4) is 5.75 Å². The highest BCUT2D eigenvalue weighted by Crippen LogP contribution is 2.22. The van der Waals surface area contributed by atoms with E-state index in [1.165, 1.54) is 0 Å². The average Bonchev–Trinajstić information content (AvgIpc) is 2.59. The number of ether oxygens (including phenoxy) is 2. The number of para-hydroxylation sites is 1. The van der Waals surface area contributed by atoms with E-state index >= 15 is 0 Å². The van der Waals surface area contributed by atoms with Gasteiger partial charge in [0.2, 0.25) is 0 Å². The summed E-state index contributed by atoms with van der Waals surface area (Å²) in [5.41, 5.74) is 0.368. The molecule has 0 fully saturated rings. The second kappa shape index (κ2) is 8.70. The van der Waals surface area contributed by atoms with Crippen molar-refractivity contribution in [3.63, 3.8) is 0 Å². The number of nitrogens with one attached hydrogen (secondary N) is 2. The molecule has 142 valence electrons. The van der Waals surface area contributed by atoms with Crippen molar-refractivity contribution in [2.75, 3.05) is 11.9 Å². The number of rotatable bonds is 5. The summed E-state index contributed by atoms with van der Waals surface area (Å²) in [6, 6.07) is 11.5. The molecule has 2 aromatic carbocycles. The standard InChI is InChI=1S/C17H13F3N2O5/c18-17(19,20)27-13-8-6-11(7-9-13)15(24)26-10-14(23)22-16(25)21-12-4-2-1-3-5-12/h1-9H,10H2,(H2,21,22,23,25). The Kier molecular flexibility index (Phi) is 6.36. The highest BCUT2D eigenvalue weighted by Gasteiger charge is 2.31. The molecule has 0 atom stereocenters. The molecule has 0 unspecified atom stereocenters. The molecule has 0 aliphatic heterocycles. The van der Waals surface area contributed by atoms with Crippen LogP contribution >= 0.6 is 0 Å². The van der Waals surface area contributed by atoms with Gasteiger partial charge in [-0.15, -0.1) is 13.2 Å². The SMILES string of the molecule is O=C(COC(=O)c1ccc(OC(F)(F)F)cc1)NC(=O)Nc1ccccc1. The zero-order valence-corrected chi connectivity index (χ0v) is 13.6. The van der Waals surface area contributed by atoms with Crippen molar-refractivity contribution in [2.45, 2.75) is 6.36 Å². The molecule has 27 heavy (non-hydrogen) atoms. The third-order valence-electron chi connectivity index (χ3n) is 2.94. The lowest BCUT2D eigenvalue weighted by Crippen LogP contribution is -2.37. The van der Waals surface area contributed by atoms with Crippen molar-refractivity contribution in [3.05, 3.63) is 60.2 Å². The highest BCUT2D eigenvalue weighted by atomic mass is 19.4. The zero-order chi connectivity index (χ0) is 19.9. The van der Waals surface area contributed by atoms with Gasteiger partial charge in [0.1, 0.15) is 5.75 Å². The number of urea groups is 1. The number of benzene rings is 2. The Morgan fingerprint density at radius 1 is 0.926 bits per heavy atom. The van der Waals surface area contributed by atoms with Crippen LogP contribution in [0.15, 0.2) is 54.6 Å². The maximum Gasteiger partial charge on any atom is 0.573 e. The monoisotopic (exact) mass is 382 g/mol. The van der Waals surface area contributed by atoms with Crippen LogP contribution in [0, 0.1) is 0 Å². The summed E-state index contributed by atoms with van der Waals surface area (Å²) in [5.74, 6) is -2.34. The Morgan fingerprint density at radius 2 is 1.56 bits per heavy atom. The predicted octanol–water partition coefficient (Wildman–Crippen LogP) is 3.09. The quantitative estimate of drug-likeness (QED) is 0.775. The second-order valence-corrected chi connectivity index (χ2v) is 5.02. The molecule has 0 heterocycles. The lowest BCUT2D eigenvalue weighted by Gasteiger charge is -2.09. The Morgan fingerprint density at radius 3 is 2.15 bits per heavy atom. The van der Waals surface area contributed by atoms with Crippen LogP contribution in [-0.2, 0) is 9.53 Å². The van der Waals surface area contributed by atoms with Crippen LogP contribution in [-0.4, -0.2) is 30.9 Å². The maximum absolute atomic E-state index is 12.1. The maximum atomic E-state index is 12.1. The molecule has 0 spiro atoms. The molecule has 0 aromatic heterocycles. The van der Waals surface area contributed by atoms with Gasteiger partial charge < -0.3 is 14.8 Å². The second-order valence-electron chi connectivity index (χ2n) is 5.02. The van der Waals surface area contributed by atoms with E-state index in [1.807, 2.05) is 5.32 Å². The summed E-state index contributed by atoms with van der Waals surface area (Å²) in [4.78, 5) is 35.0. The van der Waals surface area contributed by atoms with E-state index < -0.39 is 36.6 Å². The van der Waals surface area contributed by atoms with E-state index in [-0.39, 0.29) is 5.56 Å². The van der Waals surface area contributed by atoms with Gasteiger partial charge in [-0.1, -0.05) is 18.2 Å². The molecule has 0 radical (unpaired) electrons. The predicted molar refractivity (Wildman–Crippen MR) is 87.0 cm³/mol. The van der Waals surface area contributed by atoms with Gasteiger partial charge in [-0.05, 0) is 36.4 Å². The van der Waals surface area contributed by atoms with Gasteiger partial charge in [-0.25, -0.2) is 9.59 Å². The van der Waals surface area contributed by atoms with E-state index in [1.54, 1.807) is 30.3 Å². The minimum atomic E-state index is -4.85. The van der Waals surface area contributed by atoms with Gasteiger partial charge in [-0.3, -0.25) is 10.1 Å². The van der Waals surface area contributed by atoms with E-state index in [9.17, 15) is 27.6 Å². The molecule has 0 aliphatic rings. The third kappa shape index (κ3) is 7.06. The number of alkyl halides is 3. The van der Waals surface area contributed by atoms with Gasteiger partial charge in [0, 0.05) is 5.69 Å². The fourth-order valence-corrected chi connectivity index (χ4v) is 1.85. The minimum Gasteiger partial charge on any atom is -0.452 e. The van der Waals surface area contributed by atoms with Crippen molar-refractivity contribution >= 4 is 23.6 Å². The van der Waals surface area contributed by atoms with E-state index in [0.717, 1.165) is 24.3 Å². The van der Waals surface area contributed by atoms with Crippen LogP contribution in [0.25, 0.3) is 0 Å². The minimum absolute atomic E-state index is 0.0916. The Labute approximate surface area is 151 Å². The van der Waals surface area contributed by atoms with Crippen molar-refractivity contribution < 1.29 is 37.0 Å². The Hall–Kier alpha value is -3.56. The summed E-state index contributed by atoms with van der Waals surface area (Å²) >= 11 is 0.